The Bertz CT molecular complexity index is 141. The van der Waals surface area contributed by atoms with Gasteiger partial charge >= 0.3 is 0 Å². The predicted octanol–water partition coefficient (Wildman–Crippen LogP) is -0.232. The van der Waals surface area contributed by atoms with E-state index in [0.29, 0.717) is 12.4 Å². The van der Waals surface area contributed by atoms with Crippen LogP contribution in [0.2, 0.25) is 0 Å². The first-order valence-electron chi connectivity index (χ1n) is 2.15. The van der Waals surface area contributed by atoms with E-state index in [-0.39, 0.29) is 5.84 Å². The third-order valence-corrected chi connectivity index (χ3v) is 0.751. The molecule has 0 radical (unpaired) electrons. The third kappa shape index (κ3) is 0.788. The molecule has 44 valence electrons. The Labute approximate surface area is 46.3 Å². The monoisotopic (exact) mass is 114 g/mol. The van der Waals surface area contributed by atoms with E-state index in [9.17, 15) is 0 Å². The summed E-state index contributed by atoms with van der Waals surface area (Å²) in [6.07, 6.45) is 1.60. The minimum absolute atomic E-state index is 0.0949. The zero-order valence-corrected chi connectivity index (χ0v) is 4.18. The first kappa shape index (κ1) is 5.11. The molecule has 0 saturated heterocycles. The zero-order valence-electron chi connectivity index (χ0n) is 4.18. The first-order chi connectivity index (χ1) is 3.80. The lowest BCUT2D eigenvalue weighted by Crippen LogP contribution is -2.12. The molecule has 0 aliphatic carbocycles. The van der Waals surface area contributed by atoms with E-state index < -0.39 is 0 Å². The Hall–Kier alpha value is -1.03. The summed E-state index contributed by atoms with van der Waals surface area (Å²) in [5, 5.41) is 6.80. The molecule has 1 heterocycles. The molecule has 0 aromatic rings. The lowest BCUT2D eigenvalue weighted by atomic mass is 10.4. The van der Waals surface area contributed by atoms with Crippen molar-refractivity contribution in [1.29, 1.82) is 5.41 Å². The van der Waals surface area contributed by atoms with Crippen molar-refractivity contribution in [2.24, 2.45) is 5.73 Å². The van der Waals surface area contributed by atoms with Gasteiger partial charge in [-0.15, -0.1) is 0 Å². The Balaban J connectivity index is 2.57. The highest BCUT2D eigenvalue weighted by atomic mass is 17.2. The van der Waals surface area contributed by atoms with Crippen LogP contribution in [0.3, 0.4) is 0 Å². The summed E-state index contributed by atoms with van der Waals surface area (Å²) in [5.74, 6) is 0.215. The van der Waals surface area contributed by atoms with Crippen LogP contribution in [-0.4, -0.2) is 12.4 Å². The molecular weight excluding hydrogens is 108 g/mol. The van der Waals surface area contributed by atoms with Crippen molar-refractivity contribution in [2.45, 2.75) is 0 Å². The molecule has 0 unspecified atom stereocenters. The Morgan fingerprint density at radius 1 is 1.88 bits per heavy atom. The van der Waals surface area contributed by atoms with E-state index in [4.69, 9.17) is 11.1 Å². The molecule has 0 aromatic carbocycles. The second-order valence-corrected chi connectivity index (χ2v) is 1.35. The predicted molar refractivity (Wildman–Crippen MR) is 27.0 cm³/mol. The fraction of sp³-hybridized carbons (Fsp3) is 0.250. The summed E-state index contributed by atoms with van der Waals surface area (Å²) in [6, 6.07) is 0. The van der Waals surface area contributed by atoms with Crippen molar-refractivity contribution in [3.63, 3.8) is 0 Å². The number of nitrogens with two attached hydrogens (primary N) is 1. The molecule has 0 amide bonds. The van der Waals surface area contributed by atoms with Gasteiger partial charge in [0, 0.05) is 0 Å². The van der Waals surface area contributed by atoms with Gasteiger partial charge in [0.25, 0.3) is 0 Å². The molecule has 0 aromatic heterocycles. The van der Waals surface area contributed by atoms with Crippen molar-refractivity contribution < 1.29 is 9.78 Å². The van der Waals surface area contributed by atoms with Crippen LogP contribution in [0.4, 0.5) is 0 Å². The number of hydrogen-bond donors (Lipinski definition) is 2. The number of nitrogens with one attached hydrogen (secondary N) is 1. The number of rotatable bonds is 1. The summed E-state index contributed by atoms with van der Waals surface area (Å²) in [5.41, 5.74) is 5.01. The van der Waals surface area contributed by atoms with Crippen LogP contribution in [-0.2, 0) is 9.78 Å². The highest BCUT2D eigenvalue weighted by Gasteiger charge is 2.08. The SMILES string of the molecule is N=C(N)C1=CCOO1. The van der Waals surface area contributed by atoms with Crippen LogP contribution in [0.15, 0.2) is 11.8 Å². The molecule has 8 heavy (non-hydrogen) atoms. The summed E-state index contributed by atoms with van der Waals surface area (Å²) >= 11 is 0. The molecule has 4 nitrogen and oxygen atoms in total. The van der Waals surface area contributed by atoms with Crippen LogP contribution in [0.25, 0.3) is 0 Å². The lowest BCUT2D eigenvalue weighted by Gasteiger charge is -1.94. The van der Waals surface area contributed by atoms with E-state index in [0.717, 1.165) is 0 Å². The second kappa shape index (κ2) is 1.83. The summed E-state index contributed by atoms with van der Waals surface area (Å²) in [6.45, 7) is 0.384. The smallest absolute Gasteiger partial charge is 0.205 e. The Kier molecular flexibility index (Phi) is 1.17. The van der Waals surface area contributed by atoms with E-state index in [1.165, 1.54) is 0 Å². The zero-order chi connectivity index (χ0) is 5.98. The molecular formula is C4H6N2O2. The second-order valence-electron chi connectivity index (χ2n) is 1.35. The fourth-order valence-electron chi connectivity index (χ4n) is 0.396. The summed E-state index contributed by atoms with van der Waals surface area (Å²) in [7, 11) is 0. The molecule has 1 aliphatic rings. The van der Waals surface area contributed by atoms with Crippen molar-refractivity contribution in [3.8, 4) is 0 Å². The molecule has 0 saturated carbocycles. The molecule has 0 spiro atoms. The standard InChI is InChI=1S/C4H6N2O2/c5-4(6)3-1-2-7-8-3/h1H,2H2,(H3,5,6). The first-order valence-corrected chi connectivity index (χ1v) is 2.15. The normalized spacial score (nSPS) is 17.2. The van der Waals surface area contributed by atoms with E-state index in [2.05, 4.69) is 9.78 Å². The molecule has 1 rings (SSSR count). The van der Waals surface area contributed by atoms with E-state index >= 15 is 0 Å². The Morgan fingerprint density at radius 2 is 2.62 bits per heavy atom. The van der Waals surface area contributed by atoms with Crippen LogP contribution >= 0.6 is 0 Å². The van der Waals surface area contributed by atoms with Gasteiger partial charge in [0.1, 0.15) is 6.61 Å². The van der Waals surface area contributed by atoms with Crippen molar-refractivity contribution >= 4 is 5.84 Å². The quantitative estimate of drug-likeness (QED) is 0.281. The van der Waals surface area contributed by atoms with Gasteiger partial charge in [-0.2, -0.15) is 4.89 Å². The maximum Gasteiger partial charge on any atom is 0.205 e. The van der Waals surface area contributed by atoms with Gasteiger partial charge in [0.05, 0.1) is 0 Å². The number of hydrogen-bond acceptors (Lipinski definition) is 3. The minimum Gasteiger partial charge on any atom is -0.381 e. The van der Waals surface area contributed by atoms with Crippen LogP contribution < -0.4 is 5.73 Å². The van der Waals surface area contributed by atoms with E-state index in [1.807, 2.05) is 0 Å². The van der Waals surface area contributed by atoms with Gasteiger partial charge < -0.3 is 10.6 Å². The topological polar surface area (TPSA) is 68.3 Å². The van der Waals surface area contributed by atoms with Crippen molar-refractivity contribution in [3.05, 3.63) is 11.8 Å². The summed E-state index contributed by atoms with van der Waals surface area (Å²) < 4.78 is 0. The van der Waals surface area contributed by atoms with Crippen LogP contribution in [0, 0.1) is 5.41 Å². The van der Waals surface area contributed by atoms with Gasteiger partial charge in [-0.1, -0.05) is 0 Å². The molecule has 3 N–H and O–H groups in total. The highest BCUT2D eigenvalue weighted by Crippen LogP contribution is 2.03. The average molecular weight is 114 g/mol. The molecule has 1 aliphatic heterocycles. The highest BCUT2D eigenvalue weighted by molar-refractivity contribution is 5.92. The van der Waals surface area contributed by atoms with Crippen LogP contribution in [0.5, 0.6) is 0 Å². The Morgan fingerprint density at radius 3 is 2.88 bits per heavy atom. The van der Waals surface area contributed by atoms with Gasteiger partial charge in [-0.05, 0) is 6.08 Å². The molecule has 0 atom stereocenters. The summed E-state index contributed by atoms with van der Waals surface area (Å²) in [4.78, 5) is 8.83. The van der Waals surface area contributed by atoms with E-state index in [1.54, 1.807) is 6.08 Å². The van der Waals surface area contributed by atoms with Crippen LogP contribution in [0.1, 0.15) is 0 Å². The largest absolute Gasteiger partial charge is 0.381 e. The maximum atomic E-state index is 6.80. The molecule has 0 fully saturated rings. The van der Waals surface area contributed by atoms with Crippen molar-refractivity contribution in [2.75, 3.05) is 6.61 Å². The van der Waals surface area contributed by atoms with Gasteiger partial charge in [-0.3, -0.25) is 5.41 Å². The number of amidine groups is 1. The third-order valence-electron chi connectivity index (χ3n) is 0.751. The fourth-order valence-corrected chi connectivity index (χ4v) is 0.396. The van der Waals surface area contributed by atoms with Gasteiger partial charge in [-0.25, -0.2) is 0 Å². The van der Waals surface area contributed by atoms with Crippen molar-refractivity contribution in [1.82, 2.24) is 0 Å². The average Bonchev–Trinajstić information content (AvgIpc) is 2.12. The molecule has 4 heteroatoms. The maximum absolute atomic E-state index is 6.80. The lowest BCUT2D eigenvalue weighted by molar-refractivity contribution is -0.228. The van der Waals surface area contributed by atoms with Gasteiger partial charge in [0.15, 0.2) is 5.84 Å². The molecule has 0 bridgehead atoms. The minimum atomic E-state index is -0.0949. The van der Waals surface area contributed by atoms with Gasteiger partial charge in [0.2, 0.25) is 5.76 Å².